The lowest BCUT2D eigenvalue weighted by Crippen LogP contribution is -2.39. The lowest BCUT2D eigenvalue weighted by molar-refractivity contribution is 0.0684. The van der Waals surface area contributed by atoms with Crippen LogP contribution in [0.15, 0.2) is 22.2 Å². The van der Waals surface area contributed by atoms with Crippen molar-refractivity contribution in [2.75, 3.05) is 19.6 Å². The number of aromatic nitrogens is 3. The van der Waals surface area contributed by atoms with E-state index in [4.69, 9.17) is 5.73 Å². The highest BCUT2D eigenvalue weighted by atomic mass is 79.9. The van der Waals surface area contributed by atoms with E-state index < -0.39 is 0 Å². The SMILES string of the molecule is NCCc1nc(C(=O)N2CCC(n3cc(Br)cn3)CC2)cs1. The minimum Gasteiger partial charge on any atom is -0.337 e. The first-order valence-electron chi connectivity index (χ1n) is 7.31. The summed E-state index contributed by atoms with van der Waals surface area (Å²) in [6.45, 7) is 2.04. The number of nitrogens with zero attached hydrogens (tertiary/aromatic N) is 4. The van der Waals surface area contributed by atoms with Crippen LogP contribution in [0.1, 0.15) is 34.4 Å². The summed E-state index contributed by atoms with van der Waals surface area (Å²) in [6.07, 6.45) is 6.35. The molecule has 8 heteroatoms. The number of carbonyl (C=O) groups excluding carboxylic acids is 1. The van der Waals surface area contributed by atoms with Crippen molar-refractivity contribution in [3.05, 3.63) is 32.9 Å². The van der Waals surface area contributed by atoms with Gasteiger partial charge in [-0.3, -0.25) is 9.48 Å². The van der Waals surface area contributed by atoms with Gasteiger partial charge in [0.15, 0.2) is 0 Å². The van der Waals surface area contributed by atoms with Gasteiger partial charge in [-0.25, -0.2) is 4.98 Å². The van der Waals surface area contributed by atoms with Crippen molar-refractivity contribution in [2.45, 2.75) is 25.3 Å². The van der Waals surface area contributed by atoms with Gasteiger partial charge in [-0.2, -0.15) is 5.10 Å². The van der Waals surface area contributed by atoms with Crippen LogP contribution in [-0.2, 0) is 6.42 Å². The van der Waals surface area contributed by atoms with Crippen molar-refractivity contribution in [1.82, 2.24) is 19.7 Å². The smallest absolute Gasteiger partial charge is 0.273 e. The fraction of sp³-hybridized carbons (Fsp3) is 0.500. The summed E-state index contributed by atoms with van der Waals surface area (Å²) in [5.41, 5.74) is 6.07. The van der Waals surface area contributed by atoms with E-state index in [0.717, 1.165) is 41.8 Å². The zero-order valence-electron chi connectivity index (χ0n) is 12.1. The van der Waals surface area contributed by atoms with Crippen LogP contribution in [0.3, 0.4) is 0 Å². The van der Waals surface area contributed by atoms with Crippen LogP contribution in [0.2, 0.25) is 0 Å². The largest absolute Gasteiger partial charge is 0.337 e. The molecule has 1 fully saturated rings. The molecule has 0 bridgehead atoms. The Morgan fingerprint density at radius 2 is 2.23 bits per heavy atom. The van der Waals surface area contributed by atoms with Crippen molar-refractivity contribution >= 4 is 33.2 Å². The van der Waals surface area contributed by atoms with Crippen molar-refractivity contribution in [1.29, 1.82) is 0 Å². The van der Waals surface area contributed by atoms with Gasteiger partial charge >= 0.3 is 0 Å². The molecule has 1 saturated heterocycles. The molecular weight excluding hydrogens is 366 g/mol. The number of thiazole rings is 1. The Morgan fingerprint density at radius 3 is 2.86 bits per heavy atom. The lowest BCUT2D eigenvalue weighted by atomic mass is 10.1. The molecule has 3 rings (SSSR count). The van der Waals surface area contributed by atoms with Gasteiger partial charge in [-0.05, 0) is 35.3 Å². The summed E-state index contributed by atoms with van der Waals surface area (Å²) in [5, 5.41) is 7.10. The normalized spacial score (nSPS) is 16.2. The topological polar surface area (TPSA) is 77.0 Å². The highest BCUT2D eigenvalue weighted by Crippen LogP contribution is 2.24. The van der Waals surface area contributed by atoms with E-state index in [2.05, 4.69) is 26.0 Å². The van der Waals surface area contributed by atoms with E-state index in [0.29, 0.717) is 18.3 Å². The van der Waals surface area contributed by atoms with E-state index in [-0.39, 0.29) is 5.91 Å². The number of rotatable bonds is 4. The van der Waals surface area contributed by atoms with Gasteiger partial charge in [-0.15, -0.1) is 11.3 Å². The summed E-state index contributed by atoms with van der Waals surface area (Å²) in [5.74, 6) is 0.0274. The number of amides is 1. The van der Waals surface area contributed by atoms with Crippen LogP contribution >= 0.6 is 27.3 Å². The van der Waals surface area contributed by atoms with Gasteiger partial charge in [0.1, 0.15) is 5.69 Å². The second-order valence-electron chi connectivity index (χ2n) is 5.33. The minimum absolute atomic E-state index is 0.0274. The van der Waals surface area contributed by atoms with Crippen molar-refractivity contribution < 1.29 is 4.79 Å². The lowest BCUT2D eigenvalue weighted by Gasteiger charge is -2.31. The molecule has 0 unspecified atom stereocenters. The van der Waals surface area contributed by atoms with Crippen LogP contribution in [0.4, 0.5) is 0 Å². The van der Waals surface area contributed by atoms with Gasteiger partial charge in [0.05, 0.1) is 21.7 Å². The van der Waals surface area contributed by atoms with E-state index >= 15 is 0 Å². The van der Waals surface area contributed by atoms with Gasteiger partial charge in [0.2, 0.25) is 0 Å². The molecule has 6 nitrogen and oxygen atoms in total. The first-order chi connectivity index (χ1) is 10.7. The summed E-state index contributed by atoms with van der Waals surface area (Å²) >= 11 is 4.92. The summed E-state index contributed by atoms with van der Waals surface area (Å²) in [7, 11) is 0. The second kappa shape index (κ2) is 6.89. The summed E-state index contributed by atoms with van der Waals surface area (Å²) < 4.78 is 2.97. The maximum Gasteiger partial charge on any atom is 0.273 e. The van der Waals surface area contributed by atoms with E-state index in [1.54, 1.807) is 6.20 Å². The van der Waals surface area contributed by atoms with Gasteiger partial charge in [-0.1, -0.05) is 0 Å². The molecule has 2 aromatic heterocycles. The van der Waals surface area contributed by atoms with E-state index in [1.165, 1.54) is 11.3 Å². The average molecular weight is 384 g/mol. The first-order valence-corrected chi connectivity index (χ1v) is 8.98. The Kier molecular flexibility index (Phi) is 4.90. The van der Waals surface area contributed by atoms with Crippen molar-refractivity contribution in [3.63, 3.8) is 0 Å². The second-order valence-corrected chi connectivity index (χ2v) is 7.19. The Morgan fingerprint density at radius 1 is 1.45 bits per heavy atom. The van der Waals surface area contributed by atoms with E-state index in [1.807, 2.05) is 21.2 Å². The Hall–Kier alpha value is -1.25. The van der Waals surface area contributed by atoms with Crippen LogP contribution in [0, 0.1) is 0 Å². The van der Waals surface area contributed by atoms with E-state index in [9.17, 15) is 4.79 Å². The number of likely N-dealkylation sites (tertiary alicyclic amines) is 1. The first kappa shape index (κ1) is 15.6. The Labute approximate surface area is 141 Å². The van der Waals surface area contributed by atoms with Crippen LogP contribution in [0.5, 0.6) is 0 Å². The summed E-state index contributed by atoms with van der Waals surface area (Å²) in [4.78, 5) is 18.7. The zero-order valence-corrected chi connectivity index (χ0v) is 14.5. The Balaban J connectivity index is 1.59. The third-order valence-electron chi connectivity index (χ3n) is 3.82. The molecule has 0 atom stereocenters. The molecule has 1 amide bonds. The minimum atomic E-state index is 0.0274. The number of hydrogen-bond acceptors (Lipinski definition) is 5. The molecule has 1 aliphatic heterocycles. The highest BCUT2D eigenvalue weighted by Gasteiger charge is 2.26. The third kappa shape index (κ3) is 3.39. The maximum absolute atomic E-state index is 12.5. The van der Waals surface area contributed by atoms with Crippen LogP contribution in [0.25, 0.3) is 0 Å². The monoisotopic (exact) mass is 383 g/mol. The third-order valence-corrected chi connectivity index (χ3v) is 5.14. The number of halogens is 1. The fourth-order valence-corrected chi connectivity index (χ4v) is 3.75. The van der Waals surface area contributed by atoms with Crippen molar-refractivity contribution in [3.8, 4) is 0 Å². The van der Waals surface area contributed by atoms with Crippen LogP contribution < -0.4 is 5.73 Å². The van der Waals surface area contributed by atoms with Gasteiger partial charge in [0, 0.05) is 31.1 Å². The quantitative estimate of drug-likeness (QED) is 0.876. The van der Waals surface area contributed by atoms with Gasteiger partial charge < -0.3 is 10.6 Å². The molecule has 22 heavy (non-hydrogen) atoms. The van der Waals surface area contributed by atoms with Gasteiger partial charge in [0.25, 0.3) is 5.91 Å². The molecule has 2 aromatic rings. The summed E-state index contributed by atoms with van der Waals surface area (Å²) in [6, 6.07) is 0.360. The Bertz CT molecular complexity index is 647. The number of hydrogen-bond donors (Lipinski definition) is 1. The molecule has 0 radical (unpaired) electrons. The molecule has 0 saturated carbocycles. The van der Waals surface area contributed by atoms with Crippen LogP contribution in [-0.4, -0.2) is 45.2 Å². The predicted octanol–water partition coefficient (Wildman–Crippen LogP) is 2.08. The molecule has 0 spiro atoms. The zero-order chi connectivity index (χ0) is 15.5. The number of piperidine rings is 1. The predicted molar refractivity (Wildman–Crippen MR) is 89.0 cm³/mol. The average Bonchev–Trinajstić information content (AvgIpc) is 3.16. The molecular formula is C14H18BrN5OS. The highest BCUT2D eigenvalue weighted by molar-refractivity contribution is 9.10. The molecule has 1 aliphatic rings. The maximum atomic E-state index is 12.5. The standard InChI is InChI=1S/C14H18BrN5OS/c15-10-7-17-20(8-10)11-2-5-19(6-3-11)14(21)12-9-22-13(18-12)1-4-16/h7-9,11H,1-6,16H2. The number of nitrogens with two attached hydrogens (primary N) is 1. The molecule has 2 N–H and O–H groups in total. The fourth-order valence-electron chi connectivity index (χ4n) is 2.66. The van der Waals surface area contributed by atoms with Crippen molar-refractivity contribution in [2.24, 2.45) is 5.73 Å². The molecule has 0 aliphatic carbocycles. The molecule has 118 valence electrons. The molecule has 0 aromatic carbocycles. The number of carbonyl (C=O) groups is 1. The molecule has 3 heterocycles.